The number of rotatable bonds is 8. The van der Waals surface area contributed by atoms with Gasteiger partial charge in [-0.1, -0.05) is 6.07 Å². The predicted octanol–water partition coefficient (Wildman–Crippen LogP) is 4.28. The number of nitrogens with zero attached hydrogens (tertiary/aromatic N) is 3. The van der Waals surface area contributed by atoms with E-state index in [0.29, 0.717) is 25.6 Å². The molecule has 1 aromatic heterocycles. The zero-order valence-electron chi connectivity index (χ0n) is 16.2. The fourth-order valence-electron chi connectivity index (χ4n) is 2.44. The Kier molecular flexibility index (Phi) is 10.4. The van der Waals surface area contributed by atoms with Crippen molar-refractivity contribution in [3.63, 3.8) is 0 Å². The molecule has 0 saturated carbocycles. The number of nitrogens with one attached hydrogen (secondary N) is 1. The Balaban J connectivity index is 0.00000392. The number of methoxy groups -OCH3 is 1. The number of benzene rings is 1. The van der Waals surface area contributed by atoms with Gasteiger partial charge in [0.05, 0.1) is 30.9 Å². The first-order valence-corrected chi connectivity index (χ1v) is 9.33. The average Bonchev–Trinajstić information content (AvgIpc) is 3.03. The Morgan fingerprint density at radius 1 is 1.36 bits per heavy atom. The minimum atomic E-state index is -2.91. The maximum Gasteiger partial charge on any atom is 0.387 e. The van der Waals surface area contributed by atoms with Gasteiger partial charge in [0.2, 0.25) is 0 Å². The van der Waals surface area contributed by atoms with Crippen LogP contribution in [0.15, 0.2) is 28.6 Å². The van der Waals surface area contributed by atoms with Crippen molar-refractivity contribution in [3.05, 3.63) is 39.8 Å². The predicted molar refractivity (Wildman–Crippen MR) is 118 cm³/mol. The van der Waals surface area contributed by atoms with Gasteiger partial charge >= 0.3 is 6.61 Å². The van der Waals surface area contributed by atoms with E-state index in [2.05, 4.69) is 20.0 Å². The van der Waals surface area contributed by atoms with E-state index >= 15 is 0 Å². The van der Waals surface area contributed by atoms with Crippen LogP contribution in [-0.2, 0) is 13.1 Å². The first kappa shape index (κ1) is 24.3. The zero-order valence-corrected chi connectivity index (χ0v) is 19.4. The van der Waals surface area contributed by atoms with Crippen LogP contribution in [0.3, 0.4) is 0 Å². The molecule has 1 N–H and O–H groups in total. The number of halogens is 3. The van der Waals surface area contributed by atoms with E-state index in [4.69, 9.17) is 4.74 Å². The van der Waals surface area contributed by atoms with Crippen LogP contribution in [0.4, 0.5) is 8.78 Å². The largest absolute Gasteiger partial charge is 0.493 e. The van der Waals surface area contributed by atoms with E-state index in [0.717, 1.165) is 16.3 Å². The SMILES string of the molecule is CCNC(=NCc1ccc(OC)c(OC(F)F)c1)N(C)Cc1csc(C)n1.I. The minimum absolute atomic E-state index is 0. The van der Waals surface area contributed by atoms with E-state index < -0.39 is 6.61 Å². The summed E-state index contributed by atoms with van der Waals surface area (Å²) in [6.45, 7) is 2.68. The van der Waals surface area contributed by atoms with Crippen LogP contribution >= 0.6 is 35.3 Å². The second-order valence-corrected chi connectivity index (χ2v) is 6.81. The molecule has 6 nitrogen and oxygen atoms in total. The Morgan fingerprint density at radius 2 is 2.11 bits per heavy atom. The molecule has 2 aromatic rings. The first-order valence-electron chi connectivity index (χ1n) is 8.45. The molecule has 10 heteroatoms. The van der Waals surface area contributed by atoms with Gasteiger partial charge < -0.3 is 19.7 Å². The third kappa shape index (κ3) is 7.38. The van der Waals surface area contributed by atoms with Crippen LogP contribution in [0.2, 0.25) is 0 Å². The Labute approximate surface area is 185 Å². The molecule has 0 saturated heterocycles. The zero-order chi connectivity index (χ0) is 19.8. The van der Waals surface area contributed by atoms with Gasteiger partial charge in [-0.05, 0) is 31.5 Å². The molecule has 0 unspecified atom stereocenters. The van der Waals surface area contributed by atoms with Crippen LogP contribution in [-0.4, -0.2) is 43.2 Å². The van der Waals surface area contributed by atoms with E-state index in [1.807, 2.05) is 31.2 Å². The van der Waals surface area contributed by atoms with Crippen molar-refractivity contribution in [2.24, 2.45) is 4.99 Å². The molecule has 0 radical (unpaired) electrons. The Morgan fingerprint density at radius 3 is 2.68 bits per heavy atom. The number of ether oxygens (including phenoxy) is 2. The number of aliphatic imine (C=N–C) groups is 1. The summed E-state index contributed by atoms with van der Waals surface area (Å²) >= 11 is 1.61. The monoisotopic (exact) mass is 526 g/mol. The quantitative estimate of drug-likeness (QED) is 0.316. The molecule has 0 atom stereocenters. The van der Waals surface area contributed by atoms with Crippen LogP contribution < -0.4 is 14.8 Å². The summed E-state index contributed by atoms with van der Waals surface area (Å²) in [4.78, 5) is 11.0. The topological polar surface area (TPSA) is 59.0 Å². The summed E-state index contributed by atoms with van der Waals surface area (Å²) < 4.78 is 34.7. The number of hydrogen-bond donors (Lipinski definition) is 1. The summed E-state index contributed by atoms with van der Waals surface area (Å²) in [5, 5.41) is 6.26. The van der Waals surface area contributed by atoms with Crippen LogP contribution in [0.5, 0.6) is 11.5 Å². The van der Waals surface area contributed by atoms with Crippen molar-refractivity contribution in [3.8, 4) is 11.5 Å². The fraction of sp³-hybridized carbons (Fsp3) is 0.444. The van der Waals surface area contributed by atoms with Crippen molar-refractivity contribution >= 4 is 41.3 Å². The molecular weight excluding hydrogens is 501 g/mol. The molecular formula is C18H25F2IN4O2S. The van der Waals surface area contributed by atoms with Crippen molar-refractivity contribution in [2.45, 2.75) is 33.5 Å². The molecule has 156 valence electrons. The maximum absolute atomic E-state index is 12.6. The molecule has 1 aromatic carbocycles. The summed E-state index contributed by atoms with van der Waals surface area (Å²) in [5.74, 6) is 0.956. The van der Waals surface area contributed by atoms with Crippen LogP contribution in [0.1, 0.15) is 23.2 Å². The number of aryl methyl sites for hydroxylation is 1. The summed E-state index contributed by atoms with van der Waals surface area (Å²) in [7, 11) is 3.33. The van der Waals surface area contributed by atoms with Crippen molar-refractivity contribution in [2.75, 3.05) is 20.7 Å². The molecule has 1 heterocycles. The first-order chi connectivity index (χ1) is 12.9. The molecule has 0 aliphatic carbocycles. The number of aromatic nitrogens is 1. The highest BCUT2D eigenvalue weighted by Gasteiger charge is 2.12. The molecule has 0 fully saturated rings. The molecule has 0 amide bonds. The standard InChI is InChI=1S/C18H24F2N4O2S.HI/c1-5-21-18(24(3)10-14-11-27-12(2)23-14)22-9-13-6-7-15(25-4)16(8-13)26-17(19)20;/h6-8,11,17H,5,9-10H2,1-4H3,(H,21,22);1H. The van der Waals surface area contributed by atoms with Gasteiger partial charge in [-0.3, -0.25) is 0 Å². The van der Waals surface area contributed by atoms with Crippen molar-refractivity contribution in [1.29, 1.82) is 0 Å². The van der Waals surface area contributed by atoms with E-state index in [1.54, 1.807) is 23.5 Å². The Bertz CT molecular complexity index is 774. The van der Waals surface area contributed by atoms with E-state index in [9.17, 15) is 8.78 Å². The normalized spacial score (nSPS) is 11.2. The lowest BCUT2D eigenvalue weighted by Crippen LogP contribution is -2.38. The third-order valence-corrected chi connectivity index (χ3v) is 4.44. The van der Waals surface area contributed by atoms with Crippen molar-refractivity contribution in [1.82, 2.24) is 15.2 Å². The highest BCUT2D eigenvalue weighted by atomic mass is 127. The second-order valence-electron chi connectivity index (χ2n) is 5.75. The lowest BCUT2D eigenvalue weighted by Gasteiger charge is -2.21. The lowest BCUT2D eigenvalue weighted by atomic mass is 10.2. The van der Waals surface area contributed by atoms with Gasteiger partial charge in [0.15, 0.2) is 17.5 Å². The third-order valence-electron chi connectivity index (χ3n) is 3.62. The van der Waals surface area contributed by atoms with E-state index in [1.165, 1.54) is 13.2 Å². The van der Waals surface area contributed by atoms with E-state index in [-0.39, 0.29) is 35.5 Å². The molecule has 2 rings (SSSR count). The fourth-order valence-corrected chi connectivity index (χ4v) is 3.05. The van der Waals surface area contributed by atoms with Gasteiger partial charge in [0, 0.05) is 19.0 Å². The second kappa shape index (κ2) is 12.0. The minimum Gasteiger partial charge on any atom is -0.493 e. The molecule has 0 bridgehead atoms. The number of hydrogen-bond acceptors (Lipinski definition) is 5. The highest BCUT2D eigenvalue weighted by molar-refractivity contribution is 14.0. The number of guanidine groups is 1. The molecule has 0 spiro atoms. The van der Waals surface area contributed by atoms with Crippen LogP contribution in [0.25, 0.3) is 0 Å². The van der Waals surface area contributed by atoms with Gasteiger partial charge in [0.1, 0.15) is 0 Å². The number of alkyl halides is 2. The Hall–Kier alpha value is -1.69. The van der Waals surface area contributed by atoms with Gasteiger partial charge in [-0.15, -0.1) is 35.3 Å². The molecule has 0 aliphatic heterocycles. The van der Waals surface area contributed by atoms with Crippen molar-refractivity contribution < 1.29 is 18.3 Å². The van der Waals surface area contributed by atoms with Gasteiger partial charge in [-0.2, -0.15) is 8.78 Å². The number of thiazole rings is 1. The summed E-state index contributed by atoms with van der Waals surface area (Å²) in [6, 6.07) is 4.88. The molecule has 28 heavy (non-hydrogen) atoms. The summed E-state index contributed by atoms with van der Waals surface area (Å²) in [6.07, 6.45) is 0. The summed E-state index contributed by atoms with van der Waals surface area (Å²) in [5.41, 5.74) is 1.71. The van der Waals surface area contributed by atoms with Gasteiger partial charge in [0.25, 0.3) is 0 Å². The highest BCUT2D eigenvalue weighted by Crippen LogP contribution is 2.29. The smallest absolute Gasteiger partial charge is 0.387 e. The van der Waals surface area contributed by atoms with Crippen LogP contribution in [0, 0.1) is 6.92 Å². The van der Waals surface area contributed by atoms with Gasteiger partial charge in [-0.25, -0.2) is 9.98 Å². The average molecular weight is 526 g/mol. The molecule has 0 aliphatic rings. The maximum atomic E-state index is 12.6. The lowest BCUT2D eigenvalue weighted by molar-refractivity contribution is -0.0512.